The number of nitriles is 1. The standard InChI is InChI=1S/C21H21ClFN3O/c22-19-2-1-3-20(23)18(19)14-26-12-9-16(10-13-26)21(27)25-17-6-4-15(5-7-17)8-11-24/h1-7,16H,8-10,12-14H2,(H,25,27). The van der Waals surface area contributed by atoms with Gasteiger partial charge < -0.3 is 5.32 Å². The Morgan fingerprint density at radius 1 is 1.22 bits per heavy atom. The summed E-state index contributed by atoms with van der Waals surface area (Å²) in [6.45, 7) is 1.91. The highest BCUT2D eigenvalue weighted by Crippen LogP contribution is 2.25. The maximum absolute atomic E-state index is 13.9. The zero-order chi connectivity index (χ0) is 19.2. The van der Waals surface area contributed by atoms with E-state index in [9.17, 15) is 9.18 Å². The third kappa shape index (κ3) is 5.06. The Balaban J connectivity index is 1.51. The van der Waals surface area contributed by atoms with E-state index in [1.165, 1.54) is 6.07 Å². The zero-order valence-electron chi connectivity index (χ0n) is 14.9. The van der Waals surface area contributed by atoms with Crippen molar-refractivity contribution in [3.8, 4) is 6.07 Å². The van der Waals surface area contributed by atoms with Crippen molar-refractivity contribution in [2.75, 3.05) is 18.4 Å². The van der Waals surface area contributed by atoms with Gasteiger partial charge in [0.15, 0.2) is 0 Å². The van der Waals surface area contributed by atoms with Crippen LogP contribution in [0.3, 0.4) is 0 Å². The average molecular weight is 386 g/mol. The van der Waals surface area contributed by atoms with Crippen molar-refractivity contribution in [2.24, 2.45) is 5.92 Å². The van der Waals surface area contributed by atoms with Crippen molar-refractivity contribution in [2.45, 2.75) is 25.8 Å². The van der Waals surface area contributed by atoms with Crippen LogP contribution < -0.4 is 5.32 Å². The molecule has 2 aromatic rings. The van der Waals surface area contributed by atoms with Gasteiger partial charge in [-0.2, -0.15) is 5.26 Å². The Bertz CT molecular complexity index is 819. The highest BCUT2D eigenvalue weighted by molar-refractivity contribution is 6.31. The molecule has 0 unspecified atom stereocenters. The number of nitrogens with zero attached hydrogens (tertiary/aromatic N) is 2. The van der Waals surface area contributed by atoms with E-state index in [1.54, 1.807) is 12.1 Å². The molecule has 0 saturated carbocycles. The molecule has 0 radical (unpaired) electrons. The minimum absolute atomic E-state index is 0.00612. The number of hydrogen-bond donors (Lipinski definition) is 1. The predicted octanol–water partition coefficient (Wildman–Crippen LogP) is 4.40. The summed E-state index contributed by atoms with van der Waals surface area (Å²) in [5, 5.41) is 12.1. The average Bonchev–Trinajstić information content (AvgIpc) is 2.67. The molecular weight excluding hydrogens is 365 g/mol. The van der Waals surface area contributed by atoms with Gasteiger partial charge in [-0.15, -0.1) is 0 Å². The van der Waals surface area contributed by atoms with Gasteiger partial charge in [0.1, 0.15) is 5.82 Å². The van der Waals surface area contributed by atoms with Crippen molar-refractivity contribution in [3.63, 3.8) is 0 Å². The van der Waals surface area contributed by atoms with Crippen LogP contribution in [0, 0.1) is 23.1 Å². The number of carbonyl (C=O) groups excluding carboxylic acids is 1. The first-order chi connectivity index (χ1) is 13.1. The molecule has 1 N–H and O–H groups in total. The normalized spacial score (nSPS) is 15.3. The SMILES string of the molecule is N#CCc1ccc(NC(=O)C2CCN(Cc3c(F)cccc3Cl)CC2)cc1. The quantitative estimate of drug-likeness (QED) is 0.830. The molecule has 27 heavy (non-hydrogen) atoms. The van der Waals surface area contributed by atoms with Crippen LogP contribution in [0.15, 0.2) is 42.5 Å². The summed E-state index contributed by atoms with van der Waals surface area (Å²) < 4.78 is 13.9. The van der Waals surface area contributed by atoms with Crippen LogP contribution in [-0.2, 0) is 17.8 Å². The Morgan fingerprint density at radius 3 is 2.56 bits per heavy atom. The summed E-state index contributed by atoms with van der Waals surface area (Å²) in [6, 6.07) is 14.2. The minimum Gasteiger partial charge on any atom is -0.326 e. The van der Waals surface area contributed by atoms with Gasteiger partial charge in [0.2, 0.25) is 5.91 Å². The molecule has 140 valence electrons. The number of rotatable bonds is 5. The molecule has 0 spiro atoms. The van der Waals surface area contributed by atoms with E-state index >= 15 is 0 Å². The van der Waals surface area contributed by atoms with Crippen LogP contribution in [0.2, 0.25) is 5.02 Å². The highest BCUT2D eigenvalue weighted by atomic mass is 35.5. The number of nitrogens with one attached hydrogen (secondary N) is 1. The number of amides is 1. The number of piperidine rings is 1. The van der Waals surface area contributed by atoms with Crippen LogP contribution in [0.1, 0.15) is 24.0 Å². The fourth-order valence-electron chi connectivity index (χ4n) is 3.30. The lowest BCUT2D eigenvalue weighted by atomic mass is 9.95. The summed E-state index contributed by atoms with van der Waals surface area (Å²) in [5.74, 6) is -0.343. The van der Waals surface area contributed by atoms with Crippen LogP contribution >= 0.6 is 11.6 Å². The van der Waals surface area contributed by atoms with Crippen molar-refractivity contribution >= 4 is 23.2 Å². The fourth-order valence-corrected chi connectivity index (χ4v) is 3.52. The third-order valence-corrected chi connectivity index (χ3v) is 5.26. The molecule has 4 nitrogen and oxygen atoms in total. The number of hydrogen-bond acceptors (Lipinski definition) is 3. The van der Waals surface area contributed by atoms with Crippen molar-refractivity contribution in [1.29, 1.82) is 5.26 Å². The summed E-state index contributed by atoms with van der Waals surface area (Å²) in [6.07, 6.45) is 1.81. The topological polar surface area (TPSA) is 56.1 Å². The van der Waals surface area contributed by atoms with Gasteiger partial charge in [-0.3, -0.25) is 9.69 Å². The van der Waals surface area contributed by atoms with Gasteiger partial charge in [-0.1, -0.05) is 29.8 Å². The van der Waals surface area contributed by atoms with E-state index in [0.717, 1.165) is 37.2 Å². The molecule has 0 atom stereocenters. The lowest BCUT2D eigenvalue weighted by Crippen LogP contribution is -2.38. The van der Waals surface area contributed by atoms with Crippen LogP contribution in [0.5, 0.6) is 0 Å². The lowest BCUT2D eigenvalue weighted by Gasteiger charge is -2.31. The largest absolute Gasteiger partial charge is 0.326 e. The third-order valence-electron chi connectivity index (χ3n) is 4.91. The van der Waals surface area contributed by atoms with E-state index in [4.69, 9.17) is 16.9 Å². The van der Waals surface area contributed by atoms with E-state index in [0.29, 0.717) is 23.6 Å². The molecule has 0 bridgehead atoms. The number of anilines is 1. The van der Waals surface area contributed by atoms with Gasteiger partial charge >= 0.3 is 0 Å². The van der Waals surface area contributed by atoms with Gasteiger partial charge in [-0.05, 0) is 55.8 Å². The molecule has 6 heteroatoms. The van der Waals surface area contributed by atoms with E-state index < -0.39 is 0 Å². The first kappa shape index (κ1) is 19.3. The van der Waals surface area contributed by atoms with Gasteiger partial charge in [0, 0.05) is 28.7 Å². The van der Waals surface area contributed by atoms with Crippen LogP contribution in [-0.4, -0.2) is 23.9 Å². The first-order valence-electron chi connectivity index (χ1n) is 8.99. The maximum atomic E-state index is 13.9. The predicted molar refractivity (Wildman–Crippen MR) is 104 cm³/mol. The van der Waals surface area contributed by atoms with Gasteiger partial charge in [0.25, 0.3) is 0 Å². The van der Waals surface area contributed by atoms with Gasteiger partial charge in [-0.25, -0.2) is 4.39 Å². The fraction of sp³-hybridized carbons (Fsp3) is 0.333. The smallest absolute Gasteiger partial charge is 0.227 e. The summed E-state index contributed by atoms with van der Waals surface area (Å²) in [5.41, 5.74) is 2.18. The molecule has 3 rings (SSSR count). The van der Waals surface area contributed by atoms with E-state index in [1.807, 2.05) is 24.3 Å². The van der Waals surface area contributed by atoms with Crippen molar-refractivity contribution < 1.29 is 9.18 Å². The molecule has 1 aliphatic rings. The summed E-state index contributed by atoms with van der Waals surface area (Å²) in [7, 11) is 0. The molecular formula is C21H21ClFN3O. The highest BCUT2D eigenvalue weighted by Gasteiger charge is 2.26. The summed E-state index contributed by atoms with van der Waals surface area (Å²) in [4.78, 5) is 14.6. The second kappa shape index (κ2) is 8.98. The van der Waals surface area contributed by atoms with Crippen LogP contribution in [0.4, 0.5) is 10.1 Å². The van der Waals surface area contributed by atoms with E-state index in [2.05, 4.69) is 16.3 Å². The number of likely N-dealkylation sites (tertiary alicyclic amines) is 1. The Kier molecular flexibility index (Phi) is 6.44. The monoisotopic (exact) mass is 385 g/mol. The number of benzene rings is 2. The van der Waals surface area contributed by atoms with Gasteiger partial charge in [0.05, 0.1) is 12.5 Å². The molecule has 2 aromatic carbocycles. The number of halogens is 2. The molecule has 1 aliphatic heterocycles. The molecule has 1 heterocycles. The van der Waals surface area contributed by atoms with Crippen molar-refractivity contribution in [3.05, 3.63) is 64.4 Å². The lowest BCUT2D eigenvalue weighted by molar-refractivity contribution is -0.121. The Morgan fingerprint density at radius 2 is 1.93 bits per heavy atom. The van der Waals surface area contributed by atoms with E-state index in [-0.39, 0.29) is 17.6 Å². The zero-order valence-corrected chi connectivity index (χ0v) is 15.7. The summed E-state index contributed by atoms with van der Waals surface area (Å²) >= 11 is 6.10. The molecule has 1 amide bonds. The second-order valence-electron chi connectivity index (χ2n) is 6.77. The molecule has 1 fully saturated rings. The van der Waals surface area contributed by atoms with Crippen molar-refractivity contribution in [1.82, 2.24) is 4.90 Å². The molecule has 0 aliphatic carbocycles. The van der Waals surface area contributed by atoms with Crippen LogP contribution in [0.25, 0.3) is 0 Å². The number of carbonyl (C=O) groups is 1. The molecule has 0 aromatic heterocycles. The maximum Gasteiger partial charge on any atom is 0.227 e. The minimum atomic E-state index is -0.290. The second-order valence-corrected chi connectivity index (χ2v) is 7.18. The Labute approximate surface area is 163 Å². The Hall–Kier alpha value is -2.42. The first-order valence-corrected chi connectivity index (χ1v) is 9.36. The molecule has 1 saturated heterocycles.